The Hall–Kier alpha value is -3.01. The first-order valence-corrected chi connectivity index (χ1v) is 8.66. The van der Waals surface area contributed by atoms with Crippen LogP contribution in [0.1, 0.15) is 28.4 Å². The lowest BCUT2D eigenvalue weighted by Gasteiger charge is -2.17. The number of nitrogens with one attached hydrogen (secondary N) is 1. The lowest BCUT2D eigenvalue weighted by Crippen LogP contribution is -2.30. The Morgan fingerprint density at radius 1 is 1.08 bits per heavy atom. The van der Waals surface area contributed by atoms with Gasteiger partial charge in [-0.15, -0.1) is 0 Å². The van der Waals surface area contributed by atoms with E-state index >= 15 is 0 Å². The normalized spacial score (nSPS) is 11.8. The third-order valence-electron chi connectivity index (χ3n) is 4.43. The van der Waals surface area contributed by atoms with E-state index in [2.05, 4.69) is 5.32 Å². The standard InChI is InChI=1S/C22H23NO3/c1-16-9-11-17(12-10-16)20(14-19-7-5-13-26-19)22(24)23-15-18-6-3-4-8-21(18)25-2/h3-13,20H,14-15H2,1-2H3,(H,23,24). The highest BCUT2D eigenvalue weighted by molar-refractivity contribution is 5.84. The Labute approximate surface area is 153 Å². The van der Waals surface area contributed by atoms with E-state index in [1.165, 1.54) is 5.56 Å². The number of para-hydroxylation sites is 1. The highest BCUT2D eigenvalue weighted by Gasteiger charge is 2.22. The number of methoxy groups -OCH3 is 1. The third-order valence-corrected chi connectivity index (χ3v) is 4.43. The van der Waals surface area contributed by atoms with Crippen molar-refractivity contribution in [3.8, 4) is 5.75 Å². The van der Waals surface area contributed by atoms with Gasteiger partial charge in [0, 0.05) is 18.5 Å². The lowest BCUT2D eigenvalue weighted by atomic mass is 9.93. The van der Waals surface area contributed by atoms with Crippen LogP contribution >= 0.6 is 0 Å². The topological polar surface area (TPSA) is 51.5 Å². The molecule has 1 unspecified atom stereocenters. The van der Waals surface area contributed by atoms with Crippen molar-refractivity contribution in [2.75, 3.05) is 7.11 Å². The van der Waals surface area contributed by atoms with Crippen molar-refractivity contribution in [1.82, 2.24) is 5.32 Å². The first kappa shape index (κ1) is 17.8. The van der Waals surface area contributed by atoms with E-state index in [0.717, 1.165) is 22.6 Å². The summed E-state index contributed by atoms with van der Waals surface area (Å²) in [7, 11) is 1.63. The van der Waals surface area contributed by atoms with Crippen LogP contribution in [0.15, 0.2) is 71.3 Å². The first-order valence-electron chi connectivity index (χ1n) is 8.66. The molecular weight excluding hydrogens is 326 g/mol. The summed E-state index contributed by atoms with van der Waals surface area (Å²) >= 11 is 0. The summed E-state index contributed by atoms with van der Waals surface area (Å²) in [6, 6.07) is 19.5. The second-order valence-corrected chi connectivity index (χ2v) is 6.28. The molecule has 0 aliphatic rings. The zero-order valence-corrected chi connectivity index (χ0v) is 15.1. The number of ether oxygens (including phenoxy) is 1. The molecule has 0 radical (unpaired) electrons. The number of carbonyl (C=O) groups is 1. The Morgan fingerprint density at radius 2 is 1.85 bits per heavy atom. The van der Waals surface area contributed by atoms with Crippen LogP contribution in [0.4, 0.5) is 0 Å². The molecule has 134 valence electrons. The molecule has 3 aromatic rings. The quantitative estimate of drug-likeness (QED) is 0.694. The van der Waals surface area contributed by atoms with Crippen LogP contribution < -0.4 is 10.1 Å². The number of aryl methyl sites for hydroxylation is 1. The zero-order chi connectivity index (χ0) is 18.4. The van der Waals surface area contributed by atoms with E-state index < -0.39 is 0 Å². The number of amides is 1. The van der Waals surface area contributed by atoms with Gasteiger partial charge in [0.05, 0.1) is 19.3 Å². The summed E-state index contributed by atoms with van der Waals surface area (Å²) in [5, 5.41) is 3.04. The maximum Gasteiger partial charge on any atom is 0.228 e. The molecule has 0 bridgehead atoms. The Kier molecular flexibility index (Phi) is 5.74. The number of benzene rings is 2. The molecule has 4 nitrogen and oxygen atoms in total. The molecule has 0 saturated heterocycles. The van der Waals surface area contributed by atoms with E-state index in [9.17, 15) is 4.79 Å². The Bertz CT molecular complexity index is 838. The van der Waals surface area contributed by atoms with Gasteiger partial charge in [0.2, 0.25) is 5.91 Å². The van der Waals surface area contributed by atoms with Gasteiger partial charge in [0.1, 0.15) is 11.5 Å². The average Bonchev–Trinajstić information content (AvgIpc) is 3.18. The maximum absolute atomic E-state index is 12.9. The van der Waals surface area contributed by atoms with Crippen molar-refractivity contribution in [3.05, 3.63) is 89.4 Å². The molecule has 4 heteroatoms. The van der Waals surface area contributed by atoms with Gasteiger partial charge in [-0.25, -0.2) is 0 Å². The van der Waals surface area contributed by atoms with Crippen LogP contribution in [-0.4, -0.2) is 13.0 Å². The minimum absolute atomic E-state index is 0.0313. The molecule has 2 aromatic carbocycles. The lowest BCUT2D eigenvalue weighted by molar-refractivity contribution is -0.122. The summed E-state index contributed by atoms with van der Waals surface area (Å²) in [6.45, 7) is 2.45. The van der Waals surface area contributed by atoms with Crippen molar-refractivity contribution in [2.24, 2.45) is 0 Å². The summed E-state index contributed by atoms with van der Waals surface area (Å²) in [5.41, 5.74) is 3.09. The summed E-state index contributed by atoms with van der Waals surface area (Å²) in [6.07, 6.45) is 2.15. The van der Waals surface area contributed by atoms with Crippen LogP contribution in [-0.2, 0) is 17.8 Å². The monoisotopic (exact) mass is 349 g/mol. The van der Waals surface area contributed by atoms with Crippen LogP contribution in [0.2, 0.25) is 0 Å². The molecule has 0 aliphatic heterocycles. The van der Waals surface area contributed by atoms with Crippen LogP contribution in [0.3, 0.4) is 0 Å². The van der Waals surface area contributed by atoms with Crippen molar-refractivity contribution in [1.29, 1.82) is 0 Å². The van der Waals surface area contributed by atoms with Gasteiger partial charge in [-0.2, -0.15) is 0 Å². The van der Waals surface area contributed by atoms with Crippen molar-refractivity contribution in [3.63, 3.8) is 0 Å². The number of hydrogen-bond donors (Lipinski definition) is 1. The van der Waals surface area contributed by atoms with Crippen LogP contribution in [0.5, 0.6) is 5.75 Å². The van der Waals surface area contributed by atoms with Gasteiger partial charge in [-0.05, 0) is 30.7 Å². The molecule has 3 rings (SSSR count). The molecule has 1 N–H and O–H groups in total. The van der Waals surface area contributed by atoms with Gasteiger partial charge in [0.15, 0.2) is 0 Å². The molecule has 1 atom stereocenters. The molecule has 26 heavy (non-hydrogen) atoms. The third kappa shape index (κ3) is 4.33. The van der Waals surface area contributed by atoms with Gasteiger partial charge >= 0.3 is 0 Å². The fraction of sp³-hybridized carbons (Fsp3) is 0.227. The van der Waals surface area contributed by atoms with E-state index in [0.29, 0.717) is 13.0 Å². The smallest absolute Gasteiger partial charge is 0.228 e. The number of hydrogen-bond acceptors (Lipinski definition) is 3. The zero-order valence-electron chi connectivity index (χ0n) is 15.1. The number of rotatable bonds is 7. The van der Waals surface area contributed by atoms with Gasteiger partial charge in [0.25, 0.3) is 0 Å². The van der Waals surface area contributed by atoms with E-state index in [4.69, 9.17) is 9.15 Å². The fourth-order valence-corrected chi connectivity index (χ4v) is 2.95. The Morgan fingerprint density at radius 3 is 2.54 bits per heavy atom. The summed E-state index contributed by atoms with van der Waals surface area (Å²) in [4.78, 5) is 12.9. The summed E-state index contributed by atoms with van der Waals surface area (Å²) in [5.74, 6) is 1.22. The molecule has 1 heterocycles. The summed E-state index contributed by atoms with van der Waals surface area (Å²) < 4.78 is 10.8. The van der Waals surface area contributed by atoms with E-state index in [1.54, 1.807) is 13.4 Å². The van der Waals surface area contributed by atoms with Gasteiger partial charge in [-0.3, -0.25) is 4.79 Å². The predicted molar refractivity (Wildman–Crippen MR) is 101 cm³/mol. The molecule has 0 aliphatic carbocycles. The molecule has 1 amide bonds. The second-order valence-electron chi connectivity index (χ2n) is 6.28. The second kappa shape index (κ2) is 8.39. The highest BCUT2D eigenvalue weighted by Crippen LogP contribution is 2.23. The van der Waals surface area contributed by atoms with Crippen LogP contribution in [0, 0.1) is 6.92 Å². The fourth-order valence-electron chi connectivity index (χ4n) is 2.95. The minimum Gasteiger partial charge on any atom is -0.496 e. The van der Waals surface area contributed by atoms with Crippen molar-refractivity contribution in [2.45, 2.75) is 25.8 Å². The van der Waals surface area contributed by atoms with Gasteiger partial charge < -0.3 is 14.5 Å². The SMILES string of the molecule is COc1ccccc1CNC(=O)C(Cc1ccco1)c1ccc(C)cc1. The predicted octanol–water partition coefficient (Wildman–Crippen LogP) is 4.24. The molecular formula is C22H23NO3. The largest absolute Gasteiger partial charge is 0.496 e. The molecule has 0 spiro atoms. The Balaban J connectivity index is 1.77. The molecule has 1 aromatic heterocycles. The first-order chi connectivity index (χ1) is 12.7. The van der Waals surface area contributed by atoms with Crippen molar-refractivity contribution >= 4 is 5.91 Å². The number of furan rings is 1. The molecule has 0 fully saturated rings. The van der Waals surface area contributed by atoms with Crippen molar-refractivity contribution < 1.29 is 13.9 Å². The average molecular weight is 349 g/mol. The maximum atomic E-state index is 12.9. The van der Waals surface area contributed by atoms with E-state index in [1.807, 2.05) is 67.6 Å². The van der Waals surface area contributed by atoms with Crippen LogP contribution in [0.25, 0.3) is 0 Å². The minimum atomic E-state index is -0.309. The highest BCUT2D eigenvalue weighted by atomic mass is 16.5. The molecule has 0 saturated carbocycles. The van der Waals surface area contributed by atoms with Gasteiger partial charge in [-0.1, -0.05) is 48.0 Å². The van der Waals surface area contributed by atoms with E-state index in [-0.39, 0.29) is 11.8 Å². The number of carbonyl (C=O) groups excluding carboxylic acids is 1.